The zero-order valence-corrected chi connectivity index (χ0v) is 6.14. The smallest absolute Gasteiger partial charge is 0.233 e. The first-order chi connectivity index (χ1) is 4.70. The van der Waals surface area contributed by atoms with E-state index >= 15 is 0 Å². The molecule has 4 nitrogen and oxygen atoms in total. The molecule has 10 heavy (non-hydrogen) atoms. The molecule has 0 aliphatic rings. The summed E-state index contributed by atoms with van der Waals surface area (Å²) in [5.74, 6) is -0.109. The first kappa shape index (κ1) is 8.92. The lowest BCUT2D eigenvalue weighted by atomic mass is 10.4. The molecule has 0 saturated carbocycles. The molecule has 1 unspecified atom stereocenters. The van der Waals surface area contributed by atoms with Crippen molar-refractivity contribution in [2.75, 3.05) is 13.6 Å². The molecule has 0 bridgehead atoms. The van der Waals surface area contributed by atoms with Crippen molar-refractivity contribution < 1.29 is 4.79 Å². The summed E-state index contributed by atoms with van der Waals surface area (Å²) in [6.07, 6.45) is 0. The fourth-order valence-corrected chi connectivity index (χ4v) is 0.380. The summed E-state index contributed by atoms with van der Waals surface area (Å²) in [5, 5.41) is 13.4. The van der Waals surface area contributed by atoms with E-state index in [1.54, 1.807) is 14.0 Å². The van der Waals surface area contributed by atoms with E-state index in [9.17, 15) is 4.79 Å². The van der Waals surface area contributed by atoms with Crippen LogP contribution in [0.25, 0.3) is 0 Å². The standard InChI is InChI=1S/C6H11N3O/c1-5(3-7)9-4-6(10)8-2/h5,9H,4H2,1-2H3,(H,8,10). The number of amides is 1. The molecule has 0 radical (unpaired) electrons. The molecular formula is C6H11N3O. The number of hydrogen-bond donors (Lipinski definition) is 2. The zero-order valence-electron chi connectivity index (χ0n) is 6.14. The molecule has 2 N–H and O–H groups in total. The van der Waals surface area contributed by atoms with Gasteiger partial charge < -0.3 is 5.32 Å². The monoisotopic (exact) mass is 141 g/mol. The number of hydrogen-bond acceptors (Lipinski definition) is 3. The van der Waals surface area contributed by atoms with Gasteiger partial charge in [0.15, 0.2) is 0 Å². The van der Waals surface area contributed by atoms with Gasteiger partial charge in [0.05, 0.1) is 18.7 Å². The third-order valence-electron chi connectivity index (χ3n) is 1.04. The molecule has 0 aliphatic carbocycles. The van der Waals surface area contributed by atoms with Crippen LogP contribution in [0.1, 0.15) is 6.92 Å². The summed E-state index contributed by atoms with van der Waals surface area (Å²) >= 11 is 0. The van der Waals surface area contributed by atoms with E-state index in [0.29, 0.717) is 0 Å². The van der Waals surface area contributed by atoms with Crippen LogP contribution in [0.2, 0.25) is 0 Å². The van der Waals surface area contributed by atoms with Gasteiger partial charge in [0.2, 0.25) is 5.91 Å². The highest BCUT2D eigenvalue weighted by atomic mass is 16.1. The highest BCUT2D eigenvalue weighted by molar-refractivity contribution is 5.77. The maximum atomic E-state index is 10.5. The van der Waals surface area contributed by atoms with Crippen LogP contribution in [-0.4, -0.2) is 25.5 Å². The maximum Gasteiger partial charge on any atom is 0.233 e. The Morgan fingerprint density at radius 1 is 1.80 bits per heavy atom. The average molecular weight is 141 g/mol. The van der Waals surface area contributed by atoms with E-state index in [1.165, 1.54) is 0 Å². The van der Waals surface area contributed by atoms with Crippen LogP contribution < -0.4 is 10.6 Å². The molecule has 0 aromatic heterocycles. The Morgan fingerprint density at radius 3 is 2.80 bits per heavy atom. The molecule has 0 heterocycles. The molecule has 4 heteroatoms. The zero-order chi connectivity index (χ0) is 7.98. The minimum absolute atomic E-state index is 0.109. The van der Waals surface area contributed by atoms with Gasteiger partial charge in [-0.2, -0.15) is 5.26 Å². The van der Waals surface area contributed by atoms with Gasteiger partial charge >= 0.3 is 0 Å². The summed E-state index contributed by atoms with van der Waals surface area (Å²) < 4.78 is 0. The van der Waals surface area contributed by atoms with Crippen LogP contribution in [-0.2, 0) is 4.79 Å². The van der Waals surface area contributed by atoms with Crippen LogP contribution in [0, 0.1) is 11.3 Å². The number of nitrogens with zero attached hydrogens (tertiary/aromatic N) is 1. The number of likely N-dealkylation sites (N-methyl/N-ethyl adjacent to an activating group) is 1. The highest BCUT2D eigenvalue weighted by Gasteiger charge is 2.00. The second kappa shape index (κ2) is 4.77. The van der Waals surface area contributed by atoms with Crippen molar-refractivity contribution in [1.82, 2.24) is 10.6 Å². The van der Waals surface area contributed by atoms with Gasteiger partial charge in [-0.05, 0) is 6.92 Å². The van der Waals surface area contributed by atoms with Crippen molar-refractivity contribution in [2.24, 2.45) is 0 Å². The second-order valence-corrected chi connectivity index (χ2v) is 1.90. The van der Waals surface area contributed by atoms with Crippen molar-refractivity contribution in [1.29, 1.82) is 5.26 Å². The molecule has 0 aromatic rings. The quantitative estimate of drug-likeness (QED) is 0.542. The fraction of sp³-hybridized carbons (Fsp3) is 0.667. The molecule has 0 spiro atoms. The van der Waals surface area contributed by atoms with Crippen molar-refractivity contribution >= 4 is 5.91 Å². The van der Waals surface area contributed by atoms with Gasteiger partial charge in [0.1, 0.15) is 0 Å². The second-order valence-electron chi connectivity index (χ2n) is 1.90. The predicted molar refractivity (Wildman–Crippen MR) is 37.1 cm³/mol. The highest BCUT2D eigenvalue weighted by Crippen LogP contribution is 1.73. The van der Waals surface area contributed by atoms with Crippen LogP contribution >= 0.6 is 0 Å². The Morgan fingerprint density at radius 2 is 2.40 bits per heavy atom. The van der Waals surface area contributed by atoms with E-state index in [2.05, 4.69) is 10.6 Å². The third kappa shape index (κ3) is 3.87. The van der Waals surface area contributed by atoms with E-state index in [4.69, 9.17) is 5.26 Å². The van der Waals surface area contributed by atoms with E-state index < -0.39 is 0 Å². The van der Waals surface area contributed by atoms with E-state index in [-0.39, 0.29) is 18.5 Å². The van der Waals surface area contributed by atoms with Gasteiger partial charge in [-0.1, -0.05) is 0 Å². The molecule has 0 aromatic carbocycles. The summed E-state index contributed by atoms with van der Waals surface area (Å²) in [4.78, 5) is 10.5. The van der Waals surface area contributed by atoms with Crippen molar-refractivity contribution in [3.8, 4) is 6.07 Å². The summed E-state index contributed by atoms with van der Waals surface area (Å²) in [6, 6.07) is 1.69. The molecular weight excluding hydrogens is 130 g/mol. The largest absolute Gasteiger partial charge is 0.358 e. The Labute approximate surface area is 60.2 Å². The lowest BCUT2D eigenvalue weighted by Crippen LogP contribution is -2.35. The van der Waals surface area contributed by atoms with Gasteiger partial charge in [-0.15, -0.1) is 0 Å². The van der Waals surface area contributed by atoms with Gasteiger partial charge in [-0.3, -0.25) is 10.1 Å². The minimum atomic E-state index is -0.266. The molecule has 0 rings (SSSR count). The fourth-order valence-electron chi connectivity index (χ4n) is 0.380. The number of carbonyl (C=O) groups is 1. The third-order valence-corrected chi connectivity index (χ3v) is 1.04. The number of rotatable bonds is 3. The lowest BCUT2D eigenvalue weighted by molar-refractivity contribution is -0.119. The molecule has 1 atom stereocenters. The number of carbonyl (C=O) groups excluding carboxylic acids is 1. The summed E-state index contributed by atoms with van der Waals surface area (Å²) in [7, 11) is 1.56. The van der Waals surface area contributed by atoms with Gasteiger partial charge in [-0.25, -0.2) is 0 Å². The minimum Gasteiger partial charge on any atom is -0.358 e. The van der Waals surface area contributed by atoms with E-state index in [0.717, 1.165) is 0 Å². The van der Waals surface area contributed by atoms with Gasteiger partial charge in [0, 0.05) is 7.05 Å². The molecule has 56 valence electrons. The van der Waals surface area contributed by atoms with E-state index in [1.807, 2.05) is 6.07 Å². The molecule has 0 fully saturated rings. The van der Waals surface area contributed by atoms with Crippen LogP contribution in [0.15, 0.2) is 0 Å². The Balaban J connectivity index is 3.37. The van der Waals surface area contributed by atoms with Crippen molar-refractivity contribution in [3.05, 3.63) is 0 Å². The molecule has 0 aliphatic heterocycles. The lowest BCUT2D eigenvalue weighted by Gasteiger charge is -2.03. The average Bonchev–Trinajstić information content (AvgIpc) is 1.99. The maximum absolute atomic E-state index is 10.5. The van der Waals surface area contributed by atoms with Crippen LogP contribution in [0.3, 0.4) is 0 Å². The first-order valence-electron chi connectivity index (χ1n) is 3.04. The molecule has 1 amide bonds. The predicted octanol–water partition coefficient (Wildman–Crippen LogP) is -0.766. The normalized spacial score (nSPS) is 11.7. The SMILES string of the molecule is CNC(=O)CNC(C)C#N. The van der Waals surface area contributed by atoms with Crippen LogP contribution in [0.5, 0.6) is 0 Å². The van der Waals surface area contributed by atoms with Crippen molar-refractivity contribution in [2.45, 2.75) is 13.0 Å². The topological polar surface area (TPSA) is 64.9 Å². The summed E-state index contributed by atoms with van der Waals surface area (Å²) in [5.41, 5.74) is 0. The summed E-state index contributed by atoms with van der Waals surface area (Å²) in [6.45, 7) is 1.90. The van der Waals surface area contributed by atoms with Crippen LogP contribution in [0.4, 0.5) is 0 Å². The Hall–Kier alpha value is -1.08. The number of nitrogens with one attached hydrogen (secondary N) is 2. The molecule has 0 saturated heterocycles. The van der Waals surface area contributed by atoms with Crippen molar-refractivity contribution in [3.63, 3.8) is 0 Å². The first-order valence-corrected chi connectivity index (χ1v) is 3.04. The number of nitriles is 1. The Bertz CT molecular complexity index is 150. The Kier molecular flexibility index (Phi) is 4.25. The van der Waals surface area contributed by atoms with Gasteiger partial charge in [0.25, 0.3) is 0 Å².